The molecule has 1 aliphatic carbocycles. The first-order chi connectivity index (χ1) is 12.7. The highest BCUT2D eigenvalue weighted by molar-refractivity contribution is 5.75. The van der Waals surface area contributed by atoms with E-state index in [1.54, 1.807) is 6.08 Å². The molecular formula is C23H29NO2. The molecule has 2 rings (SSSR count). The fraction of sp³-hybridized carbons (Fsp3) is 0.478. The number of carbonyl (C=O) groups excluding carboxylic acids is 1. The fourth-order valence-corrected chi connectivity index (χ4v) is 3.37. The van der Waals surface area contributed by atoms with Gasteiger partial charge in [0, 0.05) is 6.08 Å². The zero-order chi connectivity index (χ0) is 18.6. The van der Waals surface area contributed by atoms with Crippen molar-refractivity contribution in [3.05, 3.63) is 54.1 Å². The van der Waals surface area contributed by atoms with E-state index in [1.165, 1.54) is 30.9 Å². The van der Waals surface area contributed by atoms with E-state index in [4.69, 9.17) is 10.00 Å². The third-order valence-corrected chi connectivity index (χ3v) is 4.98. The van der Waals surface area contributed by atoms with Crippen LogP contribution >= 0.6 is 0 Å². The Bertz CT molecular complexity index is 644. The quantitative estimate of drug-likeness (QED) is 0.196. The molecule has 1 aromatic carbocycles. The van der Waals surface area contributed by atoms with E-state index in [1.807, 2.05) is 24.3 Å². The minimum atomic E-state index is -0.101. The molecule has 1 aromatic rings. The van der Waals surface area contributed by atoms with E-state index < -0.39 is 0 Å². The lowest BCUT2D eigenvalue weighted by atomic mass is 9.82. The normalized spacial score (nSPS) is 20.3. The number of ether oxygens (including phenoxy) is 1. The molecule has 1 fully saturated rings. The lowest BCUT2D eigenvalue weighted by Gasteiger charge is -2.25. The molecule has 0 unspecified atom stereocenters. The SMILES string of the molecule is CCCCCc1ccc(OC(=O)C2CCC(C=CC=CC#N)CC2)cc1. The zero-order valence-electron chi connectivity index (χ0n) is 15.7. The summed E-state index contributed by atoms with van der Waals surface area (Å²) in [6.07, 6.45) is 15.8. The molecular weight excluding hydrogens is 322 g/mol. The monoisotopic (exact) mass is 351 g/mol. The summed E-state index contributed by atoms with van der Waals surface area (Å²) in [4.78, 5) is 12.4. The van der Waals surface area contributed by atoms with Crippen LogP contribution in [0.2, 0.25) is 0 Å². The van der Waals surface area contributed by atoms with E-state index in [-0.39, 0.29) is 11.9 Å². The van der Waals surface area contributed by atoms with Crippen LogP contribution in [0, 0.1) is 23.2 Å². The Labute approximate surface area is 157 Å². The van der Waals surface area contributed by atoms with Crippen LogP contribution in [-0.4, -0.2) is 5.97 Å². The van der Waals surface area contributed by atoms with Gasteiger partial charge in [-0.1, -0.05) is 50.1 Å². The molecule has 26 heavy (non-hydrogen) atoms. The summed E-state index contributed by atoms with van der Waals surface area (Å²) >= 11 is 0. The molecule has 0 amide bonds. The van der Waals surface area contributed by atoms with Crippen LogP contribution in [0.3, 0.4) is 0 Å². The summed E-state index contributed by atoms with van der Waals surface area (Å²) in [5.74, 6) is 1.04. The van der Waals surface area contributed by atoms with E-state index in [9.17, 15) is 4.79 Å². The fourth-order valence-electron chi connectivity index (χ4n) is 3.37. The van der Waals surface area contributed by atoms with Gasteiger partial charge in [-0.2, -0.15) is 5.26 Å². The highest BCUT2D eigenvalue weighted by atomic mass is 16.5. The van der Waals surface area contributed by atoms with Crippen molar-refractivity contribution in [3.63, 3.8) is 0 Å². The number of allylic oxidation sites excluding steroid dienone is 4. The molecule has 0 radical (unpaired) electrons. The van der Waals surface area contributed by atoms with E-state index in [0.29, 0.717) is 11.7 Å². The lowest BCUT2D eigenvalue weighted by molar-refractivity contribution is -0.140. The number of rotatable bonds is 8. The van der Waals surface area contributed by atoms with Crippen molar-refractivity contribution < 1.29 is 9.53 Å². The van der Waals surface area contributed by atoms with Crippen LogP contribution in [0.5, 0.6) is 5.75 Å². The van der Waals surface area contributed by atoms with E-state index in [2.05, 4.69) is 25.1 Å². The first-order valence-corrected chi connectivity index (χ1v) is 9.76. The van der Waals surface area contributed by atoms with Crippen molar-refractivity contribution in [2.75, 3.05) is 0 Å². The van der Waals surface area contributed by atoms with Crippen LogP contribution < -0.4 is 4.74 Å². The van der Waals surface area contributed by atoms with E-state index >= 15 is 0 Å². The molecule has 0 aromatic heterocycles. The second-order valence-electron chi connectivity index (χ2n) is 7.01. The van der Waals surface area contributed by atoms with Gasteiger partial charge in [-0.25, -0.2) is 0 Å². The van der Waals surface area contributed by atoms with Crippen LogP contribution in [0.1, 0.15) is 57.4 Å². The van der Waals surface area contributed by atoms with Crippen molar-refractivity contribution in [1.82, 2.24) is 0 Å². The maximum Gasteiger partial charge on any atom is 0.314 e. The standard InChI is InChI=1S/C23H29NO2/c1-2-3-5-8-20-12-16-22(17-13-20)26-23(25)21-14-10-19(11-15-21)9-6-4-7-18-24/h4,6-7,9,12-13,16-17,19,21H,2-3,5,8,10-11,14-15H2,1H3. The molecule has 0 heterocycles. The maximum atomic E-state index is 12.4. The first kappa shape index (κ1) is 20.0. The van der Waals surface area contributed by atoms with Crippen LogP contribution in [0.15, 0.2) is 48.6 Å². The summed E-state index contributed by atoms with van der Waals surface area (Å²) in [6, 6.07) is 9.93. The number of aryl methyl sites for hydroxylation is 1. The summed E-state index contributed by atoms with van der Waals surface area (Å²) in [5, 5.41) is 8.46. The summed E-state index contributed by atoms with van der Waals surface area (Å²) in [7, 11) is 0. The van der Waals surface area contributed by atoms with Crippen molar-refractivity contribution >= 4 is 5.97 Å². The molecule has 0 atom stereocenters. The molecule has 0 bridgehead atoms. The number of hydrogen-bond acceptors (Lipinski definition) is 3. The Morgan fingerprint density at radius 2 is 1.88 bits per heavy atom. The minimum Gasteiger partial charge on any atom is -0.426 e. The average Bonchev–Trinajstić information content (AvgIpc) is 2.67. The summed E-state index contributed by atoms with van der Waals surface area (Å²) in [6.45, 7) is 2.21. The number of unbranched alkanes of at least 4 members (excludes halogenated alkanes) is 2. The van der Waals surface area contributed by atoms with Gasteiger partial charge >= 0.3 is 5.97 Å². The molecule has 1 saturated carbocycles. The lowest BCUT2D eigenvalue weighted by Crippen LogP contribution is -2.25. The molecule has 0 saturated heterocycles. The predicted octanol–water partition coefficient (Wildman–Crippen LogP) is 5.77. The summed E-state index contributed by atoms with van der Waals surface area (Å²) in [5.41, 5.74) is 1.30. The van der Waals surface area contributed by atoms with Gasteiger partial charge in [0.15, 0.2) is 0 Å². The molecule has 0 spiro atoms. The van der Waals surface area contributed by atoms with Gasteiger partial charge in [0.1, 0.15) is 5.75 Å². The second kappa shape index (κ2) is 11.3. The maximum absolute atomic E-state index is 12.4. The molecule has 0 N–H and O–H groups in total. The number of hydrogen-bond donors (Lipinski definition) is 0. The minimum absolute atomic E-state index is 0.00136. The molecule has 1 aliphatic rings. The zero-order valence-corrected chi connectivity index (χ0v) is 15.7. The van der Waals surface area contributed by atoms with Crippen LogP contribution in [-0.2, 0) is 11.2 Å². The smallest absolute Gasteiger partial charge is 0.314 e. The first-order valence-electron chi connectivity index (χ1n) is 9.76. The Morgan fingerprint density at radius 1 is 1.15 bits per heavy atom. The van der Waals surface area contributed by atoms with Crippen molar-refractivity contribution in [2.45, 2.75) is 58.3 Å². The van der Waals surface area contributed by atoms with Crippen LogP contribution in [0.4, 0.5) is 0 Å². The second-order valence-corrected chi connectivity index (χ2v) is 7.01. The van der Waals surface area contributed by atoms with Gasteiger partial charge in [-0.05, 0) is 62.1 Å². The van der Waals surface area contributed by atoms with Crippen molar-refractivity contribution in [3.8, 4) is 11.8 Å². The van der Waals surface area contributed by atoms with Gasteiger partial charge in [-0.15, -0.1) is 0 Å². The molecule has 3 heteroatoms. The van der Waals surface area contributed by atoms with Crippen molar-refractivity contribution in [2.24, 2.45) is 11.8 Å². The highest BCUT2D eigenvalue weighted by Gasteiger charge is 2.26. The molecule has 0 aliphatic heterocycles. The van der Waals surface area contributed by atoms with E-state index in [0.717, 1.165) is 32.1 Å². The third-order valence-electron chi connectivity index (χ3n) is 4.98. The van der Waals surface area contributed by atoms with Gasteiger partial charge in [0.05, 0.1) is 12.0 Å². The highest BCUT2D eigenvalue weighted by Crippen LogP contribution is 2.31. The number of esters is 1. The predicted molar refractivity (Wildman–Crippen MR) is 105 cm³/mol. The third kappa shape index (κ3) is 6.88. The number of carbonyl (C=O) groups is 1. The summed E-state index contributed by atoms with van der Waals surface area (Å²) < 4.78 is 5.58. The average molecular weight is 351 g/mol. The Kier molecular flexibility index (Phi) is 8.69. The van der Waals surface area contributed by atoms with Gasteiger partial charge in [0.2, 0.25) is 0 Å². The van der Waals surface area contributed by atoms with Gasteiger partial charge in [-0.3, -0.25) is 4.79 Å². The Balaban J connectivity index is 1.75. The Hall–Kier alpha value is -2.34. The largest absolute Gasteiger partial charge is 0.426 e. The molecule has 3 nitrogen and oxygen atoms in total. The Morgan fingerprint density at radius 3 is 2.54 bits per heavy atom. The number of benzene rings is 1. The van der Waals surface area contributed by atoms with Gasteiger partial charge in [0.25, 0.3) is 0 Å². The topological polar surface area (TPSA) is 50.1 Å². The van der Waals surface area contributed by atoms with Crippen molar-refractivity contribution in [1.29, 1.82) is 5.26 Å². The number of nitrogens with zero attached hydrogens (tertiary/aromatic N) is 1. The number of nitriles is 1. The van der Waals surface area contributed by atoms with Crippen LogP contribution in [0.25, 0.3) is 0 Å². The molecule has 138 valence electrons. The van der Waals surface area contributed by atoms with Gasteiger partial charge < -0.3 is 4.74 Å².